The average molecular weight is 396 g/mol. The van der Waals surface area contributed by atoms with Crippen molar-refractivity contribution in [3.05, 3.63) is 75.5 Å². The number of fused-ring (bicyclic) bond motifs is 1. The van der Waals surface area contributed by atoms with E-state index in [-0.39, 0.29) is 11.6 Å². The first kappa shape index (κ1) is 18.1. The lowest BCUT2D eigenvalue weighted by atomic mass is 10.2. The van der Waals surface area contributed by atoms with Gasteiger partial charge in [0.2, 0.25) is 0 Å². The van der Waals surface area contributed by atoms with Crippen molar-refractivity contribution in [2.75, 3.05) is 12.4 Å². The molecule has 0 bridgehead atoms. The Labute approximate surface area is 164 Å². The van der Waals surface area contributed by atoms with Crippen LogP contribution in [-0.2, 0) is 11.5 Å². The lowest BCUT2D eigenvalue weighted by molar-refractivity contribution is -0.384. The summed E-state index contributed by atoms with van der Waals surface area (Å²) in [5.74, 6) is 2.52. The smallest absolute Gasteiger partial charge is 0.269 e. The summed E-state index contributed by atoms with van der Waals surface area (Å²) in [5.41, 5.74) is 3.04. The SMILES string of the molecule is COc1ccc(C(=O)Nc2c3c(nn2-c2ccc([N+](=O)[O-])cc2)CSC3)cc1. The fraction of sp³-hybridized carbons (Fsp3) is 0.158. The van der Waals surface area contributed by atoms with E-state index < -0.39 is 4.92 Å². The molecule has 9 heteroatoms. The number of carbonyl (C=O) groups excluding carboxylic acids is 1. The predicted molar refractivity (Wildman–Crippen MR) is 106 cm³/mol. The highest BCUT2D eigenvalue weighted by molar-refractivity contribution is 7.98. The highest BCUT2D eigenvalue weighted by Crippen LogP contribution is 2.36. The summed E-state index contributed by atoms with van der Waals surface area (Å²) in [4.78, 5) is 23.2. The molecule has 142 valence electrons. The van der Waals surface area contributed by atoms with Crippen molar-refractivity contribution >= 4 is 29.2 Å². The van der Waals surface area contributed by atoms with Crippen LogP contribution >= 0.6 is 11.8 Å². The van der Waals surface area contributed by atoms with Crippen molar-refractivity contribution in [3.63, 3.8) is 0 Å². The van der Waals surface area contributed by atoms with Gasteiger partial charge in [0.25, 0.3) is 11.6 Å². The number of aromatic nitrogens is 2. The van der Waals surface area contributed by atoms with Crippen LogP contribution in [0.15, 0.2) is 48.5 Å². The summed E-state index contributed by atoms with van der Waals surface area (Å²) in [6.07, 6.45) is 0. The number of rotatable bonds is 5. The second-order valence-corrected chi connectivity index (χ2v) is 7.12. The van der Waals surface area contributed by atoms with Crippen LogP contribution in [0.5, 0.6) is 5.75 Å². The summed E-state index contributed by atoms with van der Waals surface area (Å²) >= 11 is 1.73. The van der Waals surface area contributed by atoms with Crippen LogP contribution in [0.2, 0.25) is 0 Å². The molecule has 0 saturated heterocycles. The normalized spacial score (nSPS) is 12.5. The maximum absolute atomic E-state index is 12.7. The Bertz CT molecular complexity index is 1050. The monoisotopic (exact) mass is 396 g/mol. The number of hydrogen-bond acceptors (Lipinski definition) is 6. The zero-order chi connectivity index (χ0) is 19.7. The first-order chi connectivity index (χ1) is 13.6. The highest BCUT2D eigenvalue weighted by Gasteiger charge is 2.25. The molecule has 2 aromatic carbocycles. The second kappa shape index (κ2) is 7.35. The van der Waals surface area contributed by atoms with Gasteiger partial charge in [-0.3, -0.25) is 14.9 Å². The topological polar surface area (TPSA) is 99.3 Å². The van der Waals surface area contributed by atoms with Gasteiger partial charge in [-0.25, -0.2) is 4.68 Å². The highest BCUT2D eigenvalue weighted by atomic mass is 32.2. The molecular weight excluding hydrogens is 380 g/mol. The number of amides is 1. The number of thioether (sulfide) groups is 1. The summed E-state index contributed by atoms with van der Waals surface area (Å²) in [6, 6.07) is 12.9. The molecule has 1 N–H and O–H groups in total. The van der Waals surface area contributed by atoms with Crippen molar-refractivity contribution in [3.8, 4) is 11.4 Å². The van der Waals surface area contributed by atoms with Gasteiger partial charge in [-0.05, 0) is 36.4 Å². The number of nitrogens with zero attached hydrogens (tertiary/aromatic N) is 3. The van der Waals surface area contributed by atoms with E-state index in [1.54, 1.807) is 60.0 Å². The number of nitro benzene ring substituents is 1. The van der Waals surface area contributed by atoms with Crippen LogP contribution in [0.1, 0.15) is 21.6 Å². The van der Waals surface area contributed by atoms with E-state index in [1.165, 1.54) is 12.1 Å². The van der Waals surface area contributed by atoms with Gasteiger partial charge >= 0.3 is 0 Å². The van der Waals surface area contributed by atoms with Crippen LogP contribution < -0.4 is 10.1 Å². The summed E-state index contributed by atoms with van der Waals surface area (Å²) in [5, 5.41) is 18.4. The van der Waals surface area contributed by atoms with Crippen molar-refractivity contribution < 1.29 is 14.5 Å². The van der Waals surface area contributed by atoms with Gasteiger partial charge in [0.05, 0.1) is 23.4 Å². The predicted octanol–water partition coefficient (Wildman–Crippen LogP) is 3.79. The number of carbonyl (C=O) groups is 1. The van der Waals surface area contributed by atoms with Crippen molar-refractivity contribution in [1.82, 2.24) is 9.78 Å². The third kappa shape index (κ3) is 3.31. The molecule has 0 atom stereocenters. The van der Waals surface area contributed by atoms with Crippen LogP contribution in [0.3, 0.4) is 0 Å². The molecule has 2 heterocycles. The van der Waals surface area contributed by atoms with E-state index in [0.29, 0.717) is 22.8 Å². The quantitative estimate of drug-likeness (QED) is 0.520. The Morgan fingerprint density at radius 2 is 1.89 bits per heavy atom. The minimum Gasteiger partial charge on any atom is -0.497 e. The van der Waals surface area contributed by atoms with Gasteiger partial charge < -0.3 is 10.1 Å². The number of ether oxygens (including phenoxy) is 1. The van der Waals surface area contributed by atoms with E-state index >= 15 is 0 Å². The molecule has 4 rings (SSSR count). The average Bonchev–Trinajstić information content (AvgIpc) is 3.30. The van der Waals surface area contributed by atoms with Gasteiger partial charge in [0, 0.05) is 34.8 Å². The Hall–Kier alpha value is -3.33. The van der Waals surface area contributed by atoms with Gasteiger partial charge in [-0.1, -0.05) is 0 Å². The minimum atomic E-state index is -0.449. The van der Waals surface area contributed by atoms with Crippen molar-refractivity contribution in [2.45, 2.75) is 11.5 Å². The molecule has 0 aliphatic carbocycles. The van der Waals surface area contributed by atoms with E-state index in [4.69, 9.17) is 4.74 Å². The number of methoxy groups -OCH3 is 1. The van der Waals surface area contributed by atoms with Crippen LogP contribution in [0.25, 0.3) is 5.69 Å². The van der Waals surface area contributed by atoms with Crippen LogP contribution in [0.4, 0.5) is 11.5 Å². The number of benzene rings is 2. The molecule has 1 aromatic heterocycles. The number of non-ortho nitro benzene ring substituents is 1. The molecular formula is C19H16N4O4S. The Balaban J connectivity index is 1.68. The van der Waals surface area contributed by atoms with E-state index in [9.17, 15) is 14.9 Å². The first-order valence-electron chi connectivity index (χ1n) is 8.45. The number of nitrogens with one attached hydrogen (secondary N) is 1. The lowest BCUT2D eigenvalue weighted by Gasteiger charge is -2.11. The number of hydrogen-bond donors (Lipinski definition) is 1. The fourth-order valence-corrected chi connectivity index (χ4v) is 4.00. The number of nitro groups is 1. The molecule has 8 nitrogen and oxygen atoms in total. The zero-order valence-corrected chi connectivity index (χ0v) is 15.7. The fourth-order valence-electron chi connectivity index (χ4n) is 2.97. The third-order valence-corrected chi connectivity index (χ3v) is 5.41. The maximum Gasteiger partial charge on any atom is 0.269 e. The van der Waals surface area contributed by atoms with E-state index in [1.807, 2.05) is 0 Å². The van der Waals surface area contributed by atoms with Crippen LogP contribution in [0, 0.1) is 10.1 Å². The molecule has 0 radical (unpaired) electrons. The van der Waals surface area contributed by atoms with Crippen molar-refractivity contribution in [2.24, 2.45) is 0 Å². The largest absolute Gasteiger partial charge is 0.497 e. The van der Waals surface area contributed by atoms with Crippen LogP contribution in [-0.4, -0.2) is 27.7 Å². The lowest BCUT2D eigenvalue weighted by Crippen LogP contribution is -2.16. The zero-order valence-electron chi connectivity index (χ0n) is 14.9. The molecule has 28 heavy (non-hydrogen) atoms. The molecule has 1 aliphatic rings. The van der Waals surface area contributed by atoms with Gasteiger partial charge in [0.1, 0.15) is 11.6 Å². The molecule has 0 saturated carbocycles. The maximum atomic E-state index is 12.7. The molecule has 0 fully saturated rings. The summed E-state index contributed by atoms with van der Waals surface area (Å²) in [7, 11) is 1.57. The number of anilines is 1. The third-order valence-electron chi connectivity index (χ3n) is 4.44. The van der Waals surface area contributed by atoms with Crippen molar-refractivity contribution in [1.29, 1.82) is 0 Å². The van der Waals surface area contributed by atoms with E-state index in [2.05, 4.69) is 10.4 Å². The Kier molecular flexibility index (Phi) is 4.74. The standard InChI is InChI=1S/C19H16N4O4S/c1-27-15-8-2-12(3-9-15)19(24)20-18-16-10-28-11-17(16)21-22(18)13-4-6-14(7-5-13)23(25)26/h2-9H,10-11H2,1H3,(H,20,24). The first-order valence-corrected chi connectivity index (χ1v) is 9.61. The second-order valence-electron chi connectivity index (χ2n) is 6.13. The summed E-state index contributed by atoms with van der Waals surface area (Å²) < 4.78 is 6.76. The molecule has 3 aromatic rings. The summed E-state index contributed by atoms with van der Waals surface area (Å²) in [6.45, 7) is 0. The van der Waals surface area contributed by atoms with E-state index in [0.717, 1.165) is 22.8 Å². The molecule has 0 unspecified atom stereocenters. The minimum absolute atomic E-state index is 0.00261. The molecule has 0 spiro atoms. The van der Waals surface area contributed by atoms with Gasteiger partial charge in [-0.2, -0.15) is 16.9 Å². The molecule has 1 aliphatic heterocycles. The van der Waals surface area contributed by atoms with Gasteiger partial charge in [-0.15, -0.1) is 0 Å². The van der Waals surface area contributed by atoms with Gasteiger partial charge in [0.15, 0.2) is 0 Å². The Morgan fingerprint density at radius 1 is 1.18 bits per heavy atom. The Morgan fingerprint density at radius 3 is 2.54 bits per heavy atom. The molecule has 1 amide bonds.